The molecular weight excluding hydrogens is 527 g/mol. The lowest BCUT2D eigenvalue weighted by atomic mass is 10.1. The molecule has 0 radical (unpaired) electrons. The fourth-order valence-electron chi connectivity index (χ4n) is 2.83. The third-order valence-corrected chi connectivity index (χ3v) is 4.10. The number of methoxy groups -OCH3 is 3. The highest BCUT2D eigenvalue weighted by Gasteiger charge is 2.19. The van der Waals surface area contributed by atoms with E-state index in [2.05, 4.69) is 27.9 Å². The summed E-state index contributed by atoms with van der Waals surface area (Å²) in [6.07, 6.45) is 1.25. The van der Waals surface area contributed by atoms with Gasteiger partial charge in [0.2, 0.25) is 5.75 Å². The zero-order valence-electron chi connectivity index (χ0n) is 20.5. The lowest BCUT2D eigenvalue weighted by molar-refractivity contribution is 0.0503. The van der Waals surface area contributed by atoms with E-state index in [1.54, 1.807) is 33.5 Å². The lowest BCUT2D eigenvalue weighted by Gasteiger charge is -2.23. The monoisotopic (exact) mass is 566 g/mol. The maximum Gasteiger partial charge on any atom is 0.407 e. The first-order valence-electron chi connectivity index (χ1n) is 10.5. The van der Waals surface area contributed by atoms with Crippen molar-refractivity contribution in [3.8, 4) is 17.2 Å². The van der Waals surface area contributed by atoms with Gasteiger partial charge >= 0.3 is 6.09 Å². The normalized spacial score (nSPS) is 12.2. The van der Waals surface area contributed by atoms with Crippen LogP contribution < -0.4 is 30.2 Å². The Kier molecular flexibility index (Phi) is 13.9. The Morgan fingerprint density at radius 1 is 1.06 bits per heavy atom. The largest absolute Gasteiger partial charge is 0.493 e. The quantitative estimate of drug-likeness (QED) is 0.219. The summed E-state index contributed by atoms with van der Waals surface area (Å²) >= 11 is 0. The van der Waals surface area contributed by atoms with Gasteiger partial charge in [-0.3, -0.25) is 4.99 Å². The summed E-state index contributed by atoms with van der Waals surface area (Å²) in [6, 6.07) is 3.46. The first kappa shape index (κ1) is 29.9. The number of hydrogen-bond acceptors (Lipinski definition) is 6. The molecule has 0 aliphatic carbocycles. The Balaban J connectivity index is 0.00000961. The van der Waals surface area contributed by atoms with Crippen LogP contribution in [0.4, 0.5) is 10.5 Å². The van der Waals surface area contributed by atoms with Gasteiger partial charge in [0.1, 0.15) is 5.60 Å². The van der Waals surface area contributed by atoms with E-state index < -0.39 is 11.7 Å². The van der Waals surface area contributed by atoms with Crippen molar-refractivity contribution >= 4 is 41.7 Å². The van der Waals surface area contributed by atoms with Gasteiger partial charge in [0.15, 0.2) is 17.5 Å². The molecule has 3 N–H and O–H groups in total. The molecule has 0 aromatic heterocycles. The maximum absolute atomic E-state index is 12.2. The molecule has 1 aromatic rings. The van der Waals surface area contributed by atoms with E-state index >= 15 is 0 Å². The SMILES string of the molecule is CCCC(CN=C(NCC)Nc1cc(OC)c(OC)c(OC)c1)NC(=O)OC(C)(C)C.I. The van der Waals surface area contributed by atoms with Gasteiger partial charge in [0.05, 0.1) is 33.9 Å². The van der Waals surface area contributed by atoms with E-state index in [1.807, 2.05) is 27.7 Å². The summed E-state index contributed by atoms with van der Waals surface area (Å²) in [5.74, 6) is 2.16. The molecule has 0 heterocycles. The standard InChI is InChI=1S/C22H38N4O5.HI/c1-9-11-15(26-21(27)31-22(3,4)5)14-24-20(23-10-2)25-16-12-17(28-6)19(30-8)18(13-16)29-7;/h12-13,15H,9-11,14H2,1-8H3,(H,26,27)(H2,23,24,25);1H. The smallest absolute Gasteiger partial charge is 0.407 e. The predicted octanol–water partition coefficient (Wildman–Crippen LogP) is 4.40. The number of nitrogens with one attached hydrogen (secondary N) is 3. The van der Waals surface area contributed by atoms with E-state index in [1.165, 1.54) is 0 Å². The zero-order valence-corrected chi connectivity index (χ0v) is 22.8. The van der Waals surface area contributed by atoms with E-state index in [0.29, 0.717) is 36.3 Å². The highest BCUT2D eigenvalue weighted by Crippen LogP contribution is 2.39. The summed E-state index contributed by atoms with van der Waals surface area (Å²) < 4.78 is 21.6. The number of halogens is 1. The molecule has 0 aliphatic rings. The van der Waals surface area contributed by atoms with Crippen molar-refractivity contribution in [1.82, 2.24) is 10.6 Å². The van der Waals surface area contributed by atoms with Crippen LogP contribution in [0, 0.1) is 0 Å². The molecule has 0 saturated heterocycles. The number of aliphatic imine (C=N–C) groups is 1. The second kappa shape index (κ2) is 14.9. The van der Waals surface area contributed by atoms with Crippen LogP contribution >= 0.6 is 24.0 Å². The number of carbonyl (C=O) groups excluding carboxylic acids is 1. The molecule has 1 atom stereocenters. The molecule has 0 aliphatic heterocycles. The van der Waals surface area contributed by atoms with Crippen LogP contribution in [0.2, 0.25) is 0 Å². The summed E-state index contributed by atoms with van der Waals surface area (Å²) in [4.78, 5) is 16.8. The first-order valence-corrected chi connectivity index (χ1v) is 10.5. The van der Waals surface area contributed by atoms with Gasteiger partial charge in [-0.2, -0.15) is 0 Å². The molecule has 1 aromatic carbocycles. The van der Waals surface area contributed by atoms with Crippen LogP contribution in [0.5, 0.6) is 17.2 Å². The Labute approximate surface area is 209 Å². The number of nitrogens with zero attached hydrogens (tertiary/aromatic N) is 1. The Morgan fingerprint density at radius 2 is 1.66 bits per heavy atom. The Morgan fingerprint density at radius 3 is 2.09 bits per heavy atom. The number of anilines is 1. The molecule has 9 nitrogen and oxygen atoms in total. The minimum Gasteiger partial charge on any atom is -0.493 e. The fourth-order valence-corrected chi connectivity index (χ4v) is 2.83. The first-order chi connectivity index (χ1) is 14.7. The van der Waals surface area contributed by atoms with Gasteiger partial charge in [-0.15, -0.1) is 24.0 Å². The van der Waals surface area contributed by atoms with E-state index in [0.717, 1.165) is 18.5 Å². The van der Waals surface area contributed by atoms with Crippen molar-refractivity contribution in [2.45, 2.75) is 59.1 Å². The summed E-state index contributed by atoms with van der Waals surface area (Å²) in [5.41, 5.74) is 0.175. The van der Waals surface area contributed by atoms with Gasteiger partial charge in [0.25, 0.3) is 0 Å². The van der Waals surface area contributed by atoms with Crippen molar-refractivity contribution in [2.24, 2.45) is 4.99 Å². The third-order valence-electron chi connectivity index (χ3n) is 4.10. The molecule has 0 saturated carbocycles. The van der Waals surface area contributed by atoms with Crippen LogP contribution in [0.15, 0.2) is 17.1 Å². The van der Waals surface area contributed by atoms with Gasteiger partial charge in [-0.05, 0) is 34.1 Å². The van der Waals surface area contributed by atoms with Gasteiger partial charge in [0, 0.05) is 24.4 Å². The zero-order chi connectivity index (χ0) is 23.4. The van der Waals surface area contributed by atoms with Gasteiger partial charge in [-0.1, -0.05) is 13.3 Å². The number of carbonyl (C=O) groups is 1. The topological polar surface area (TPSA) is 102 Å². The summed E-state index contributed by atoms with van der Waals surface area (Å²) in [5, 5.41) is 9.36. The van der Waals surface area contributed by atoms with Gasteiger partial charge in [-0.25, -0.2) is 4.79 Å². The van der Waals surface area contributed by atoms with Crippen molar-refractivity contribution in [1.29, 1.82) is 0 Å². The molecular formula is C22H39IN4O5. The van der Waals surface area contributed by atoms with Crippen LogP contribution in [0.1, 0.15) is 47.5 Å². The number of alkyl carbamates (subject to hydrolysis) is 1. The average Bonchev–Trinajstić information content (AvgIpc) is 2.69. The number of guanidine groups is 1. The number of amides is 1. The molecule has 1 rings (SSSR count). The van der Waals surface area contributed by atoms with Crippen molar-refractivity contribution in [2.75, 3.05) is 39.7 Å². The van der Waals surface area contributed by atoms with Crippen LogP contribution in [0.25, 0.3) is 0 Å². The van der Waals surface area contributed by atoms with Crippen molar-refractivity contribution in [3.63, 3.8) is 0 Å². The highest BCUT2D eigenvalue weighted by molar-refractivity contribution is 14.0. The second-order valence-electron chi connectivity index (χ2n) is 7.89. The number of rotatable bonds is 10. The number of hydrogen-bond donors (Lipinski definition) is 3. The molecule has 0 fully saturated rings. The van der Waals surface area contributed by atoms with E-state index in [4.69, 9.17) is 18.9 Å². The molecule has 10 heteroatoms. The summed E-state index contributed by atoms with van der Waals surface area (Å²) in [6.45, 7) is 10.6. The lowest BCUT2D eigenvalue weighted by Crippen LogP contribution is -2.41. The second-order valence-corrected chi connectivity index (χ2v) is 7.89. The Bertz CT molecular complexity index is 713. The third kappa shape index (κ3) is 10.5. The molecule has 1 unspecified atom stereocenters. The van der Waals surface area contributed by atoms with Gasteiger partial charge < -0.3 is 34.9 Å². The summed E-state index contributed by atoms with van der Waals surface area (Å²) in [7, 11) is 4.70. The van der Waals surface area contributed by atoms with Crippen LogP contribution in [-0.4, -0.2) is 58.1 Å². The van der Waals surface area contributed by atoms with Crippen molar-refractivity contribution in [3.05, 3.63) is 12.1 Å². The molecule has 32 heavy (non-hydrogen) atoms. The highest BCUT2D eigenvalue weighted by atomic mass is 127. The fraction of sp³-hybridized carbons (Fsp3) is 0.636. The van der Waals surface area contributed by atoms with Crippen LogP contribution in [-0.2, 0) is 4.74 Å². The number of benzene rings is 1. The minimum atomic E-state index is -0.549. The molecule has 1 amide bonds. The van der Waals surface area contributed by atoms with Crippen molar-refractivity contribution < 1.29 is 23.7 Å². The average molecular weight is 566 g/mol. The maximum atomic E-state index is 12.2. The van der Waals surface area contributed by atoms with E-state index in [9.17, 15) is 4.79 Å². The van der Waals surface area contributed by atoms with Crippen LogP contribution in [0.3, 0.4) is 0 Å². The Hall–Kier alpha value is -2.11. The number of ether oxygens (including phenoxy) is 4. The predicted molar refractivity (Wildman–Crippen MR) is 139 cm³/mol. The van der Waals surface area contributed by atoms with E-state index in [-0.39, 0.29) is 30.0 Å². The molecule has 0 bridgehead atoms. The minimum absolute atomic E-state index is 0. The molecule has 0 spiro atoms. The molecule has 184 valence electrons.